The number of nitrogens with zero attached hydrogens (tertiary/aromatic N) is 2. The normalized spacial score (nSPS) is 10.3. The first-order valence-corrected chi connectivity index (χ1v) is 14.2. The van der Waals surface area contributed by atoms with Gasteiger partial charge in [0.1, 0.15) is 11.4 Å². The molecule has 0 aliphatic heterocycles. The minimum absolute atomic E-state index is 0.110. The zero-order valence-electron chi connectivity index (χ0n) is 25.1. The molecule has 4 aromatic carbocycles. The number of amides is 6. The van der Waals surface area contributed by atoms with E-state index in [0.29, 0.717) is 22.3 Å². The van der Waals surface area contributed by atoms with E-state index in [1.54, 1.807) is 60.7 Å². The molecule has 0 fully saturated rings. The van der Waals surface area contributed by atoms with Gasteiger partial charge in [-0.3, -0.25) is 40.7 Å². The van der Waals surface area contributed by atoms with E-state index < -0.39 is 33.7 Å². The second-order valence-corrected chi connectivity index (χ2v) is 10.0. The summed E-state index contributed by atoms with van der Waals surface area (Å²) in [6, 6.07) is 25.7. The number of H-pyrrole nitrogens is 1. The Morgan fingerprint density at radius 1 is 0.490 bits per heavy atom. The van der Waals surface area contributed by atoms with Crippen molar-refractivity contribution in [1.82, 2.24) is 26.7 Å². The largest absolute Gasteiger partial charge is 0.345 e. The third-order valence-electron chi connectivity index (χ3n) is 6.83. The summed E-state index contributed by atoms with van der Waals surface area (Å²) in [7, 11) is 0. The Balaban J connectivity index is 1.39. The molecule has 246 valence electrons. The summed E-state index contributed by atoms with van der Waals surface area (Å²) in [6.45, 7) is 0. The number of carbonyl (C=O) groups excluding carboxylic acids is 4. The lowest BCUT2D eigenvalue weighted by Gasteiger charge is -2.11. The molecule has 5 rings (SSSR count). The van der Waals surface area contributed by atoms with Crippen LogP contribution >= 0.6 is 0 Å². The lowest BCUT2D eigenvalue weighted by atomic mass is 9.94. The van der Waals surface area contributed by atoms with Crippen LogP contribution in [0.3, 0.4) is 0 Å². The van der Waals surface area contributed by atoms with Gasteiger partial charge in [-0.25, -0.2) is 20.4 Å². The quantitative estimate of drug-likeness (QED) is 0.0868. The second-order valence-electron chi connectivity index (χ2n) is 10.0. The predicted octanol–water partition coefficient (Wildman–Crippen LogP) is 5.10. The number of anilines is 2. The summed E-state index contributed by atoms with van der Waals surface area (Å²) in [4.78, 5) is 75.6. The van der Waals surface area contributed by atoms with Crippen molar-refractivity contribution < 1.29 is 29.0 Å². The number of benzene rings is 4. The molecule has 0 saturated carbocycles. The molecule has 0 atom stereocenters. The summed E-state index contributed by atoms with van der Waals surface area (Å²) in [5, 5.41) is 26.6. The van der Waals surface area contributed by atoms with Crippen molar-refractivity contribution in [3.05, 3.63) is 141 Å². The van der Waals surface area contributed by atoms with E-state index in [2.05, 4.69) is 37.3 Å². The highest BCUT2D eigenvalue weighted by Gasteiger charge is 2.28. The molecule has 0 unspecified atom stereocenters. The third-order valence-corrected chi connectivity index (χ3v) is 6.83. The van der Waals surface area contributed by atoms with Crippen LogP contribution in [0.4, 0.5) is 32.3 Å². The number of hydrogen-bond donors (Lipinski definition) is 7. The van der Waals surface area contributed by atoms with Crippen LogP contribution in [0.1, 0.15) is 21.0 Å². The zero-order valence-corrected chi connectivity index (χ0v) is 25.1. The van der Waals surface area contributed by atoms with Crippen molar-refractivity contribution in [3.63, 3.8) is 0 Å². The van der Waals surface area contributed by atoms with E-state index in [1.807, 2.05) is 0 Å². The zero-order chi connectivity index (χ0) is 34.9. The Morgan fingerprint density at radius 3 is 1.16 bits per heavy atom. The SMILES string of the molecule is O=C(NNC(=O)c1[nH]c(C(=O)NNC(=O)Nc2ccc([N+](=O)[O-])cc2)c(-c2ccccc2)c1-c1ccccc1)Nc1ccc([N+](=O)[O-])cc1. The number of nitro groups is 2. The van der Waals surface area contributed by atoms with Gasteiger partial charge in [0.15, 0.2) is 0 Å². The summed E-state index contributed by atoms with van der Waals surface area (Å²) in [6.07, 6.45) is 0. The van der Waals surface area contributed by atoms with Crippen LogP contribution < -0.4 is 32.3 Å². The molecular formula is C32H25N9O8. The van der Waals surface area contributed by atoms with Crippen LogP contribution in [0.2, 0.25) is 0 Å². The summed E-state index contributed by atoms with van der Waals surface area (Å²) < 4.78 is 0. The standard InChI is InChI=1S/C32H25N9O8/c42-29(36-38-31(44)33-21-11-15-23(16-12-21)40(46)47)27-25(19-7-3-1-4-8-19)26(20-9-5-2-6-10-20)28(35-27)30(43)37-39-32(45)34-22-13-17-24(18-14-22)41(48)49/h1-18,35H,(H,36,42)(H,37,43)(H2,33,38,44)(H2,34,39,45). The van der Waals surface area contributed by atoms with Crippen LogP contribution in [-0.2, 0) is 0 Å². The molecule has 0 saturated heterocycles. The smallest absolute Gasteiger partial charge is 0.337 e. The number of urea groups is 2. The molecule has 1 heterocycles. The molecule has 7 N–H and O–H groups in total. The molecule has 0 bridgehead atoms. The Labute approximate surface area is 276 Å². The van der Waals surface area contributed by atoms with E-state index in [9.17, 15) is 39.4 Å². The first kappa shape index (κ1) is 32.8. The fraction of sp³-hybridized carbons (Fsp3) is 0. The first-order valence-electron chi connectivity index (χ1n) is 14.2. The fourth-order valence-corrected chi connectivity index (χ4v) is 4.64. The van der Waals surface area contributed by atoms with Gasteiger partial charge in [-0.05, 0) is 35.4 Å². The molecule has 17 heteroatoms. The number of nitro benzene ring substituents is 2. The summed E-state index contributed by atoms with van der Waals surface area (Å²) in [5.41, 5.74) is 10.6. The van der Waals surface area contributed by atoms with Crippen molar-refractivity contribution in [2.45, 2.75) is 0 Å². The number of rotatable bonds is 8. The lowest BCUT2D eigenvalue weighted by Crippen LogP contribution is -2.44. The Bertz CT molecular complexity index is 1890. The van der Waals surface area contributed by atoms with Crippen molar-refractivity contribution in [2.24, 2.45) is 0 Å². The molecule has 6 amide bonds. The Hall–Kier alpha value is -7.56. The van der Waals surface area contributed by atoms with Gasteiger partial charge in [0.2, 0.25) is 0 Å². The highest BCUT2D eigenvalue weighted by molar-refractivity contribution is 6.11. The maximum Gasteiger partial charge on any atom is 0.337 e. The number of carbonyl (C=O) groups is 4. The van der Waals surface area contributed by atoms with Gasteiger partial charge in [-0.2, -0.15) is 0 Å². The van der Waals surface area contributed by atoms with Gasteiger partial charge < -0.3 is 15.6 Å². The number of aromatic nitrogens is 1. The van der Waals surface area contributed by atoms with Crippen LogP contribution in [0.15, 0.2) is 109 Å². The van der Waals surface area contributed by atoms with E-state index in [4.69, 9.17) is 0 Å². The van der Waals surface area contributed by atoms with Crippen LogP contribution in [0, 0.1) is 20.2 Å². The molecule has 0 radical (unpaired) electrons. The average Bonchev–Trinajstić information content (AvgIpc) is 3.52. The molecule has 1 aromatic heterocycles. The monoisotopic (exact) mass is 663 g/mol. The summed E-state index contributed by atoms with van der Waals surface area (Å²) >= 11 is 0. The number of hydrazine groups is 2. The number of non-ortho nitro benzene ring substituents is 2. The van der Waals surface area contributed by atoms with Crippen LogP contribution in [0.25, 0.3) is 22.3 Å². The van der Waals surface area contributed by atoms with Gasteiger partial charge in [0.25, 0.3) is 23.2 Å². The molecule has 0 aliphatic carbocycles. The van der Waals surface area contributed by atoms with Crippen LogP contribution in [0.5, 0.6) is 0 Å². The minimum Gasteiger partial charge on any atom is -0.345 e. The third kappa shape index (κ3) is 8.00. The number of aromatic amines is 1. The first-order chi connectivity index (χ1) is 23.6. The number of nitrogens with one attached hydrogen (secondary N) is 7. The van der Waals surface area contributed by atoms with E-state index in [-0.39, 0.29) is 34.1 Å². The molecule has 5 aromatic rings. The van der Waals surface area contributed by atoms with Gasteiger partial charge in [0, 0.05) is 46.8 Å². The maximum atomic E-state index is 13.6. The molecule has 0 aliphatic rings. The predicted molar refractivity (Wildman–Crippen MR) is 177 cm³/mol. The van der Waals surface area contributed by atoms with E-state index >= 15 is 0 Å². The minimum atomic E-state index is -0.862. The maximum absolute atomic E-state index is 13.6. The molecular weight excluding hydrogens is 638 g/mol. The highest BCUT2D eigenvalue weighted by atomic mass is 16.6. The fourth-order valence-electron chi connectivity index (χ4n) is 4.64. The molecule has 49 heavy (non-hydrogen) atoms. The van der Waals surface area contributed by atoms with Crippen molar-refractivity contribution in [3.8, 4) is 22.3 Å². The molecule has 0 spiro atoms. The van der Waals surface area contributed by atoms with E-state index in [0.717, 1.165) is 0 Å². The van der Waals surface area contributed by atoms with Gasteiger partial charge in [-0.15, -0.1) is 0 Å². The summed E-state index contributed by atoms with van der Waals surface area (Å²) in [5.74, 6) is -1.67. The van der Waals surface area contributed by atoms with Crippen molar-refractivity contribution in [1.29, 1.82) is 0 Å². The Kier molecular flexibility index (Phi) is 9.84. The second kappa shape index (κ2) is 14.7. The molecule has 17 nitrogen and oxygen atoms in total. The topological polar surface area (TPSA) is 243 Å². The van der Waals surface area contributed by atoms with Gasteiger partial charge in [0.05, 0.1) is 9.85 Å². The van der Waals surface area contributed by atoms with Crippen molar-refractivity contribution in [2.75, 3.05) is 10.6 Å². The lowest BCUT2D eigenvalue weighted by molar-refractivity contribution is -0.385. The highest BCUT2D eigenvalue weighted by Crippen LogP contribution is 2.38. The number of hydrogen-bond acceptors (Lipinski definition) is 8. The van der Waals surface area contributed by atoms with Crippen LogP contribution in [-0.4, -0.2) is 38.7 Å². The van der Waals surface area contributed by atoms with Crippen molar-refractivity contribution >= 4 is 46.6 Å². The van der Waals surface area contributed by atoms with Gasteiger partial charge in [-0.1, -0.05) is 60.7 Å². The van der Waals surface area contributed by atoms with E-state index in [1.165, 1.54) is 48.5 Å². The Morgan fingerprint density at radius 2 is 0.837 bits per heavy atom. The average molecular weight is 664 g/mol. The van der Waals surface area contributed by atoms with Gasteiger partial charge >= 0.3 is 12.1 Å².